The van der Waals surface area contributed by atoms with E-state index in [1.165, 1.54) is 4.90 Å². The molecule has 8 nitrogen and oxygen atoms in total. The van der Waals surface area contributed by atoms with Gasteiger partial charge in [0.1, 0.15) is 11.6 Å². The van der Waals surface area contributed by atoms with E-state index in [0.717, 1.165) is 5.56 Å². The quantitative estimate of drug-likeness (QED) is 0.497. The van der Waals surface area contributed by atoms with E-state index in [2.05, 4.69) is 10.6 Å². The highest BCUT2D eigenvalue weighted by Gasteiger charge is 2.80. The highest BCUT2D eigenvalue weighted by molar-refractivity contribution is 6.02. The number of rotatable bonds is 8. The number of likely N-dealkylation sites (tertiary alicyclic amines) is 1. The van der Waals surface area contributed by atoms with Crippen LogP contribution in [0.1, 0.15) is 39.7 Å². The molecule has 2 aromatic rings. The van der Waals surface area contributed by atoms with Gasteiger partial charge in [-0.25, -0.2) is 0 Å². The average molecular weight is 520 g/mol. The van der Waals surface area contributed by atoms with Crippen LogP contribution in [-0.2, 0) is 25.5 Å². The number of benzene rings is 2. The molecule has 0 aliphatic carbocycles. The van der Waals surface area contributed by atoms with Crippen molar-refractivity contribution >= 4 is 23.4 Å². The van der Waals surface area contributed by atoms with Gasteiger partial charge in [0.25, 0.3) is 0 Å². The number of nitrogens with zero attached hydrogens (tertiary/aromatic N) is 1. The molecule has 0 saturated carbocycles. The van der Waals surface area contributed by atoms with E-state index < -0.39 is 35.1 Å². The first-order valence-electron chi connectivity index (χ1n) is 13.5. The number of aliphatic hydroxyl groups excluding tert-OH is 1. The number of carbonyl (C=O) groups excluding carboxylic acids is 3. The van der Waals surface area contributed by atoms with Gasteiger partial charge in [-0.15, -0.1) is 0 Å². The Morgan fingerprint density at radius 1 is 1.08 bits per heavy atom. The lowest BCUT2D eigenvalue weighted by molar-refractivity contribution is -0.150. The van der Waals surface area contributed by atoms with Crippen LogP contribution in [0.5, 0.6) is 0 Å². The van der Waals surface area contributed by atoms with Crippen LogP contribution in [0.15, 0.2) is 60.7 Å². The topological polar surface area (TPSA) is 108 Å². The van der Waals surface area contributed by atoms with Gasteiger partial charge in [0, 0.05) is 11.7 Å². The predicted octanol–water partition coefficient (Wildman–Crippen LogP) is 2.76. The molecule has 0 aromatic heterocycles. The molecule has 7 atom stereocenters. The fourth-order valence-corrected chi connectivity index (χ4v) is 7.01. The molecule has 3 unspecified atom stereocenters. The largest absolute Gasteiger partial charge is 0.394 e. The van der Waals surface area contributed by atoms with Crippen molar-refractivity contribution in [2.24, 2.45) is 17.8 Å². The number of amides is 3. The van der Waals surface area contributed by atoms with E-state index in [4.69, 9.17) is 4.74 Å². The standard InChI is InChI=1S/C30H37N3O5/c1-18(2)31-27(36)25-30-16-19(3)29(4,38-30)23(26(35)32-21-13-9-6-10-14-21)24(30)28(37)33(25)22(17-34)15-20-11-7-5-8-12-20/h5-14,18-19,22-25,34H,15-17H2,1-4H3,(H,31,36)(H,32,35)/t19?,22-,23-,24+,25?,29+,30?/m1/s1. The molecule has 2 aromatic carbocycles. The second-order valence-electron chi connectivity index (χ2n) is 11.5. The van der Waals surface area contributed by atoms with Crippen molar-refractivity contribution in [3.05, 3.63) is 66.2 Å². The molecular formula is C30H37N3O5. The summed E-state index contributed by atoms with van der Waals surface area (Å²) in [7, 11) is 0. The summed E-state index contributed by atoms with van der Waals surface area (Å²) in [6.07, 6.45) is 0.857. The van der Waals surface area contributed by atoms with Crippen LogP contribution in [0.3, 0.4) is 0 Å². The fourth-order valence-electron chi connectivity index (χ4n) is 7.01. The average Bonchev–Trinajstić information content (AvgIpc) is 3.40. The Morgan fingerprint density at radius 2 is 1.71 bits per heavy atom. The Balaban J connectivity index is 1.57. The van der Waals surface area contributed by atoms with Gasteiger partial charge in [0.05, 0.1) is 30.1 Å². The van der Waals surface area contributed by atoms with E-state index in [9.17, 15) is 19.5 Å². The highest BCUT2D eigenvalue weighted by Crippen LogP contribution is 2.65. The van der Waals surface area contributed by atoms with E-state index >= 15 is 0 Å². The van der Waals surface area contributed by atoms with Crippen LogP contribution in [-0.4, -0.2) is 63.7 Å². The van der Waals surface area contributed by atoms with Crippen molar-refractivity contribution < 1.29 is 24.2 Å². The lowest BCUT2D eigenvalue weighted by Gasteiger charge is -2.37. The van der Waals surface area contributed by atoms with E-state index in [0.29, 0.717) is 18.5 Å². The minimum atomic E-state index is -1.16. The smallest absolute Gasteiger partial charge is 0.246 e. The molecule has 3 N–H and O–H groups in total. The molecule has 3 saturated heterocycles. The summed E-state index contributed by atoms with van der Waals surface area (Å²) >= 11 is 0. The van der Waals surface area contributed by atoms with Crippen LogP contribution < -0.4 is 10.6 Å². The third-order valence-electron chi connectivity index (χ3n) is 8.67. The van der Waals surface area contributed by atoms with Crippen LogP contribution >= 0.6 is 0 Å². The van der Waals surface area contributed by atoms with Crippen LogP contribution in [0.25, 0.3) is 0 Å². The summed E-state index contributed by atoms with van der Waals surface area (Å²) in [5.41, 5.74) is -0.483. The molecule has 8 heteroatoms. The number of aliphatic hydroxyl groups is 1. The van der Waals surface area contributed by atoms with Crippen molar-refractivity contribution in [2.75, 3.05) is 11.9 Å². The van der Waals surface area contributed by atoms with E-state index in [1.807, 2.05) is 76.2 Å². The Morgan fingerprint density at radius 3 is 2.32 bits per heavy atom. The van der Waals surface area contributed by atoms with Gasteiger partial charge in [-0.3, -0.25) is 14.4 Å². The summed E-state index contributed by atoms with van der Waals surface area (Å²) in [5.74, 6) is -2.60. The van der Waals surface area contributed by atoms with Crippen molar-refractivity contribution in [3.63, 3.8) is 0 Å². The zero-order valence-corrected chi connectivity index (χ0v) is 22.4. The molecule has 3 aliphatic heterocycles. The number of hydrogen-bond acceptors (Lipinski definition) is 5. The minimum absolute atomic E-state index is 0.0610. The molecular weight excluding hydrogens is 482 g/mol. The van der Waals surface area contributed by atoms with Crippen LogP contribution in [0, 0.1) is 17.8 Å². The number of hydrogen-bond donors (Lipinski definition) is 3. The molecule has 3 heterocycles. The zero-order valence-electron chi connectivity index (χ0n) is 22.4. The third kappa shape index (κ3) is 4.10. The summed E-state index contributed by atoms with van der Waals surface area (Å²) in [4.78, 5) is 43.5. The zero-order chi connectivity index (χ0) is 27.2. The first-order valence-corrected chi connectivity index (χ1v) is 13.5. The third-order valence-corrected chi connectivity index (χ3v) is 8.67. The maximum atomic E-state index is 14.4. The van der Waals surface area contributed by atoms with Gasteiger partial charge in [-0.2, -0.15) is 0 Å². The fraction of sp³-hybridized carbons (Fsp3) is 0.500. The Bertz CT molecular complexity index is 1200. The normalized spacial score (nSPS) is 32.4. The summed E-state index contributed by atoms with van der Waals surface area (Å²) in [6, 6.07) is 17.0. The first-order chi connectivity index (χ1) is 18.1. The Hall–Kier alpha value is -3.23. The van der Waals surface area contributed by atoms with Crippen molar-refractivity contribution in [1.82, 2.24) is 10.2 Å². The van der Waals surface area contributed by atoms with Gasteiger partial charge in [-0.1, -0.05) is 55.5 Å². The predicted molar refractivity (Wildman–Crippen MR) is 143 cm³/mol. The Labute approximate surface area is 223 Å². The van der Waals surface area contributed by atoms with Gasteiger partial charge in [0.15, 0.2) is 0 Å². The second kappa shape index (κ2) is 9.82. The molecule has 38 heavy (non-hydrogen) atoms. The molecule has 3 amide bonds. The first kappa shape index (κ1) is 26.4. The Kier molecular flexibility index (Phi) is 6.82. The van der Waals surface area contributed by atoms with Crippen molar-refractivity contribution in [2.45, 2.75) is 69.9 Å². The van der Waals surface area contributed by atoms with Crippen molar-refractivity contribution in [1.29, 1.82) is 0 Å². The number of ether oxygens (including phenoxy) is 1. The summed E-state index contributed by atoms with van der Waals surface area (Å²) in [5, 5.41) is 16.5. The molecule has 202 valence electrons. The maximum Gasteiger partial charge on any atom is 0.246 e. The molecule has 5 rings (SSSR count). The number of nitrogens with one attached hydrogen (secondary N) is 2. The number of carbonyl (C=O) groups is 3. The molecule has 2 bridgehead atoms. The number of fused-ring (bicyclic) bond motifs is 1. The monoisotopic (exact) mass is 519 g/mol. The maximum absolute atomic E-state index is 14.4. The van der Waals surface area contributed by atoms with Crippen LogP contribution in [0.4, 0.5) is 5.69 Å². The SMILES string of the molecule is CC(C)NC(=O)C1N([C@@H](CO)Cc2ccccc2)C(=O)[C@@H]2[C@H](C(=O)Nc3ccccc3)[C@@]3(C)OC12CC3C. The number of anilines is 1. The van der Waals surface area contributed by atoms with E-state index in [-0.39, 0.29) is 36.3 Å². The van der Waals surface area contributed by atoms with Crippen molar-refractivity contribution in [3.8, 4) is 0 Å². The van der Waals surface area contributed by atoms with Gasteiger partial charge >= 0.3 is 0 Å². The van der Waals surface area contributed by atoms with Crippen LogP contribution in [0.2, 0.25) is 0 Å². The molecule has 3 fully saturated rings. The van der Waals surface area contributed by atoms with E-state index in [1.54, 1.807) is 12.1 Å². The minimum Gasteiger partial charge on any atom is -0.394 e. The van der Waals surface area contributed by atoms with Gasteiger partial charge in [-0.05, 0) is 57.2 Å². The van der Waals surface area contributed by atoms with Gasteiger partial charge < -0.3 is 25.4 Å². The molecule has 1 spiro atoms. The highest BCUT2D eigenvalue weighted by atomic mass is 16.5. The summed E-state index contributed by atoms with van der Waals surface area (Å²) in [6.45, 7) is 7.33. The molecule has 0 radical (unpaired) electrons. The second-order valence-corrected chi connectivity index (χ2v) is 11.5. The summed E-state index contributed by atoms with van der Waals surface area (Å²) < 4.78 is 6.75. The molecule has 3 aliphatic rings. The lowest BCUT2D eigenvalue weighted by Crippen LogP contribution is -2.59. The van der Waals surface area contributed by atoms with Gasteiger partial charge in [0.2, 0.25) is 17.7 Å². The number of para-hydroxylation sites is 1. The lowest BCUT2D eigenvalue weighted by atomic mass is 9.62.